The Balaban J connectivity index is 2.06. The van der Waals surface area contributed by atoms with Crippen LogP contribution >= 0.6 is 15.9 Å². The third kappa shape index (κ3) is 2.19. The summed E-state index contributed by atoms with van der Waals surface area (Å²) in [5.41, 5.74) is 3.07. The fourth-order valence-electron chi connectivity index (χ4n) is 3.46. The molecule has 0 saturated heterocycles. The van der Waals surface area contributed by atoms with Crippen molar-refractivity contribution in [1.29, 1.82) is 0 Å². The molecule has 0 radical (unpaired) electrons. The molecule has 5 heteroatoms. The van der Waals surface area contributed by atoms with Crippen LogP contribution in [0.1, 0.15) is 38.6 Å². The molecule has 0 bridgehead atoms. The van der Waals surface area contributed by atoms with Gasteiger partial charge in [0.2, 0.25) is 0 Å². The minimum atomic E-state index is 0.483. The van der Waals surface area contributed by atoms with E-state index in [9.17, 15) is 0 Å². The summed E-state index contributed by atoms with van der Waals surface area (Å²) >= 11 is 3.58. The Labute approximate surface area is 137 Å². The van der Waals surface area contributed by atoms with Gasteiger partial charge in [-0.15, -0.1) is 0 Å². The molecule has 0 spiro atoms. The topological polar surface area (TPSA) is 39.9 Å². The van der Waals surface area contributed by atoms with E-state index in [1.165, 1.54) is 25.7 Å². The van der Waals surface area contributed by atoms with E-state index in [0.717, 1.165) is 32.4 Å². The van der Waals surface area contributed by atoms with Crippen LogP contribution in [0.15, 0.2) is 28.9 Å². The van der Waals surface area contributed by atoms with E-state index in [0.29, 0.717) is 12.6 Å². The molecule has 2 aromatic heterocycles. The van der Waals surface area contributed by atoms with Crippen LogP contribution in [-0.4, -0.2) is 21.1 Å². The zero-order valence-corrected chi connectivity index (χ0v) is 14.1. The van der Waals surface area contributed by atoms with Crippen molar-refractivity contribution in [2.45, 2.75) is 38.6 Å². The van der Waals surface area contributed by atoms with E-state index >= 15 is 0 Å². The molecule has 2 heterocycles. The lowest BCUT2D eigenvalue weighted by Crippen LogP contribution is -2.08. The molecule has 0 aliphatic heterocycles. The summed E-state index contributed by atoms with van der Waals surface area (Å²) in [6.07, 6.45) is 6.82. The molecule has 0 unspecified atom stereocenters. The highest BCUT2D eigenvalue weighted by molar-refractivity contribution is 9.10. The number of hydrogen-bond donors (Lipinski definition) is 0. The number of ether oxygens (including phenoxy) is 1. The quantitative estimate of drug-likeness (QED) is 0.670. The van der Waals surface area contributed by atoms with E-state index in [1.54, 1.807) is 0 Å². The summed E-state index contributed by atoms with van der Waals surface area (Å²) in [7, 11) is 0. The van der Waals surface area contributed by atoms with Crippen LogP contribution in [0.4, 0.5) is 0 Å². The number of rotatable bonds is 3. The van der Waals surface area contributed by atoms with Gasteiger partial charge < -0.3 is 4.74 Å². The standard InChI is InChI=1S/C17H18BrN3O/c1-2-22-17-20-15-10-19-14-8-7-11(18)9-13(14)16(15)21(17)12-5-3-4-6-12/h7-10,12H,2-6H2,1H3. The van der Waals surface area contributed by atoms with Crippen molar-refractivity contribution in [2.24, 2.45) is 0 Å². The predicted molar refractivity (Wildman–Crippen MR) is 91.4 cm³/mol. The average Bonchev–Trinajstić information content (AvgIpc) is 3.14. The number of pyridine rings is 1. The van der Waals surface area contributed by atoms with Gasteiger partial charge in [-0.05, 0) is 38.0 Å². The van der Waals surface area contributed by atoms with E-state index in [1.807, 2.05) is 25.3 Å². The van der Waals surface area contributed by atoms with Gasteiger partial charge in [0.1, 0.15) is 5.52 Å². The lowest BCUT2D eigenvalue weighted by Gasteiger charge is -2.16. The molecule has 0 N–H and O–H groups in total. The first kappa shape index (κ1) is 14.0. The Hall–Kier alpha value is -1.62. The van der Waals surface area contributed by atoms with Crippen molar-refractivity contribution in [1.82, 2.24) is 14.5 Å². The van der Waals surface area contributed by atoms with Gasteiger partial charge in [0.05, 0.1) is 23.8 Å². The Bertz CT molecular complexity index is 837. The Kier molecular flexibility index (Phi) is 3.53. The number of imidazole rings is 1. The van der Waals surface area contributed by atoms with Gasteiger partial charge in [0, 0.05) is 15.9 Å². The summed E-state index contributed by atoms with van der Waals surface area (Å²) in [6.45, 7) is 2.64. The van der Waals surface area contributed by atoms with E-state index in [4.69, 9.17) is 4.74 Å². The monoisotopic (exact) mass is 359 g/mol. The van der Waals surface area contributed by atoms with E-state index in [2.05, 4.69) is 36.5 Å². The zero-order chi connectivity index (χ0) is 15.1. The number of aromatic nitrogens is 3. The Morgan fingerprint density at radius 1 is 1.27 bits per heavy atom. The molecule has 1 aliphatic carbocycles. The van der Waals surface area contributed by atoms with E-state index in [-0.39, 0.29) is 0 Å². The molecule has 1 fully saturated rings. The van der Waals surface area contributed by atoms with Gasteiger partial charge >= 0.3 is 0 Å². The summed E-state index contributed by atoms with van der Waals surface area (Å²) in [5, 5.41) is 1.14. The highest BCUT2D eigenvalue weighted by atomic mass is 79.9. The number of hydrogen-bond acceptors (Lipinski definition) is 3. The fourth-order valence-corrected chi connectivity index (χ4v) is 3.82. The molecule has 4 rings (SSSR count). The first-order valence-electron chi connectivity index (χ1n) is 7.87. The second kappa shape index (κ2) is 5.54. The molecule has 1 aromatic carbocycles. The van der Waals surface area contributed by atoms with Gasteiger partial charge in [-0.1, -0.05) is 28.8 Å². The van der Waals surface area contributed by atoms with Gasteiger partial charge in [0.25, 0.3) is 6.01 Å². The number of fused-ring (bicyclic) bond motifs is 3. The van der Waals surface area contributed by atoms with Crippen molar-refractivity contribution in [3.63, 3.8) is 0 Å². The van der Waals surface area contributed by atoms with Crippen molar-refractivity contribution in [3.05, 3.63) is 28.9 Å². The van der Waals surface area contributed by atoms with E-state index < -0.39 is 0 Å². The maximum atomic E-state index is 5.83. The number of benzene rings is 1. The Morgan fingerprint density at radius 2 is 2.09 bits per heavy atom. The van der Waals surface area contributed by atoms with Gasteiger partial charge in [0.15, 0.2) is 0 Å². The largest absolute Gasteiger partial charge is 0.465 e. The third-order valence-corrected chi connectivity index (χ3v) is 4.90. The zero-order valence-electron chi connectivity index (χ0n) is 12.6. The smallest absolute Gasteiger partial charge is 0.297 e. The number of halogens is 1. The summed E-state index contributed by atoms with van der Waals surface area (Å²) in [4.78, 5) is 9.23. The molecule has 0 atom stereocenters. The van der Waals surface area contributed by atoms with Gasteiger partial charge in [-0.25, -0.2) is 0 Å². The highest BCUT2D eigenvalue weighted by Crippen LogP contribution is 2.38. The summed E-state index contributed by atoms with van der Waals surface area (Å²) < 4.78 is 9.20. The normalized spacial score (nSPS) is 15.9. The molecule has 22 heavy (non-hydrogen) atoms. The summed E-state index contributed by atoms with van der Waals surface area (Å²) in [6, 6.07) is 7.43. The van der Waals surface area contributed by atoms with Crippen LogP contribution in [0, 0.1) is 0 Å². The first-order chi connectivity index (χ1) is 10.8. The van der Waals surface area contributed by atoms with Crippen molar-refractivity contribution < 1.29 is 4.74 Å². The van der Waals surface area contributed by atoms with Crippen LogP contribution in [0.25, 0.3) is 21.9 Å². The molecular weight excluding hydrogens is 342 g/mol. The number of nitrogens with zero attached hydrogens (tertiary/aromatic N) is 3. The molecule has 1 aliphatic rings. The van der Waals surface area contributed by atoms with Crippen LogP contribution in [0.2, 0.25) is 0 Å². The lowest BCUT2D eigenvalue weighted by atomic mass is 10.1. The highest BCUT2D eigenvalue weighted by Gasteiger charge is 2.24. The van der Waals surface area contributed by atoms with Crippen molar-refractivity contribution in [3.8, 4) is 6.01 Å². The lowest BCUT2D eigenvalue weighted by molar-refractivity contribution is 0.287. The maximum Gasteiger partial charge on any atom is 0.297 e. The maximum absolute atomic E-state index is 5.83. The molecule has 0 amide bonds. The van der Waals surface area contributed by atoms with Crippen LogP contribution in [0.3, 0.4) is 0 Å². The van der Waals surface area contributed by atoms with Crippen LogP contribution in [-0.2, 0) is 0 Å². The average molecular weight is 360 g/mol. The Morgan fingerprint density at radius 3 is 2.86 bits per heavy atom. The molecular formula is C17H18BrN3O. The SMILES string of the molecule is CCOc1nc2cnc3ccc(Br)cc3c2n1C1CCCC1. The third-order valence-electron chi connectivity index (χ3n) is 4.41. The van der Waals surface area contributed by atoms with Gasteiger partial charge in [-0.2, -0.15) is 4.98 Å². The second-order valence-electron chi connectivity index (χ2n) is 5.79. The van der Waals surface area contributed by atoms with Crippen LogP contribution < -0.4 is 4.74 Å². The fraction of sp³-hybridized carbons (Fsp3) is 0.412. The molecule has 114 valence electrons. The molecule has 1 saturated carbocycles. The molecule has 3 aromatic rings. The van der Waals surface area contributed by atoms with Crippen molar-refractivity contribution >= 4 is 37.9 Å². The minimum Gasteiger partial charge on any atom is -0.465 e. The summed E-state index contributed by atoms with van der Waals surface area (Å²) in [5.74, 6) is 0. The molecule has 4 nitrogen and oxygen atoms in total. The second-order valence-corrected chi connectivity index (χ2v) is 6.70. The minimum absolute atomic E-state index is 0.483. The first-order valence-corrected chi connectivity index (χ1v) is 8.66. The van der Waals surface area contributed by atoms with Crippen LogP contribution in [0.5, 0.6) is 6.01 Å². The van der Waals surface area contributed by atoms with Crippen molar-refractivity contribution in [2.75, 3.05) is 6.61 Å². The predicted octanol–water partition coefficient (Wildman–Crippen LogP) is 4.86. The van der Waals surface area contributed by atoms with Gasteiger partial charge in [-0.3, -0.25) is 9.55 Å².